The van der Waals surface area contributed by atoms with Crippen LogP contribution in [0.5, 0.6) is 11.5 Å². The van der Waals surface area contributed by atoms with Crippen LogP contribution in [0.15, 0.2) is 72.8 Å². The van der Waals surface area contributed by atoms with E-state index in [1.165, 1.54) is 37.2 Å². The smallest absolute Gasteiger partial charge is 0.264 e. The van der Waals surface area contributed by atoms with Crippen LogP contribution in [0.2, 0.25) is 0 Å². The average molecular weight is 720 g/mol. The Kier molecular flexibility index (Phi) is 8.12. The lowest BCUT2D eigenvalue weighted by Gasteiger charge is -2.44. The van der Waals surface area contributed by atoms with Crippen molar-refractivity contribution in [2.24, 2.45) is 0 Å². The molecule has 264 valence electrons. The number of rotatable bonds is 2. The minimum absolute atomic E-state index is 0.000733. The van der Waals surface area contributed by atoms with Gasteiger partial charge in [0.2, 0.25) is 0 Å². The molecule has 0 unspecified atom stereocenters. The normalized spacial score (nSPS) is 14.0. The topological polar surface area (TPSA) is 46.9 Å². The van der Waals surface area contributed by atoms with Gasteiger partial charge in [0, 0.05) is 37.6 Å². The molecular formula is C45H44B4N2O2S. The van der Waals surface area contributed by atoms with E-state index in [0.717, 1.165) is 39.2 Å². The van der Waals surface area contributed by atoms with Gasteiger partial charge in [-0.05, 0) is 98.8 Å². The largest absolute Gasteiger partial charge is 0.505 e. The summed E-state index contributed by atoms with van der Waals surface area (Å²) in [5.74, 6) is -0.906. The predicted molar refractivity (Wildman–Crippen MR) is 236 cm³/mol. The highest BCUT2D eigenvalue weighted by Gasteiger charge is 2.46. The first-order valence-corrected chi connectivity index (χ1v) is 19.4. The highest BCUT2D eigenvalue weighted by Crippen LogP contribution is 2.50. The van der Waals surface area contributed by atoms with Gasteiger partial charge in [-0.25, -0.2) is 0 Å². The monoisotopic (exact) mass is 720 g/mol. The number of thiophene rings is 1. The maximum Gasteiger partial charge on any atom is 0.264 e. The minimum Gasteiger partial charge on any atom is -0.505 e. The van der Waals surface area contributed by atoms with E-state index in [1.54, 1.807) is 0 Å². The first-order valence-electron chi connectivity index (χ1n) is 18.6. The van der Waals surface area contributed by atoms with Crippen molar-refractivity contribution in [3.63, 3.8) is 0 Å². The molecule has 3 heterocycles. The number of aromatic hydroxyl groups is 2. The van der Waals surface area contributed by atoms with Gasteiger partial charge in [0.1, 0.15) is 23.5 Å². The van der Waals surface area contributed by atoms with Crippen LogP contribution in [0.3, 0.4) is 0 Å². The molecule has 0 atom stereocenters. The number of hydrogen-bond donors (Lipinski definition) is 2. The van der Waals surface area contributed by atoms with Gasteiger partial charge < -0.3 is 20.0 Å². The van der Waals surface area contributed by atoms with E-state index in [0.29, 0.717) is 0 Å². The summed E-state index contributed by atoms with van der Waals surface area (Å²) in [6.07, 6.45) is 0. The van der Waals surface area contributed by atoms with Gasteiger partial charge in [0.15, 0.2) is 11.5 Å². The van der Waals surface area contributed by atoms with Crippen molar-refractivity contribution < 1.29 is 10.2 Å². The third-order valence-electron chi connectivity index (χ3n) is 11.3. The van der Waals surface area contributed by atoms with Crippen LogP contribution >= 0.6 is 11.3 Å². The van der Waals surface area contributed by atoms with Crippen LogP contribution in [0.4, 0.5) is 34.1 Å². The van der Waals surface area contributed by atoms with Crippen molar-refractivity contribution in [2.45, 2.75) is 85.5 Å². The van der Waals surface area contributed by atoms with Gasteiger partial charge >= 0.3 is 0 Å². The molecule has 0 bridgehead atoms. The lowest BCUT2D eigenvalue weighted by Crippen LogP contribution is -2.61. The average Bonchev–Trinajstić information content (AvgIpc) is 3.48. The van der Waals surface area contributed by atoms with Crippen LogP contribution in [-0.4, -0.2) is 40.5 Å². The van der Waals surface area contributed by atoms with Crippen LogP contribution < -0.4 is 41.9 Å². The Morgan fingerprint density at radius 3 is 1.74 bits per heavy atom. The lowest BCUT2D eigenvalue weighted by molar-refractivity contribution is 0.408. The molecule has 2 N–H and O–H groups in total. The van der Waals surface area contributed by atoms with Crippen LogP contribution in [0.25, 0.3) is 10.1 Å². The van der Waals surface area contributed by atoms with E-state index in [2.05, 4.69) is 147 Å². The van der Waals surface area contributed by atoms with E-state index in [1.807, 2.05) is 16.2 Å². The number of nitrogens with zero attached hydrogens (tertiary/aromatic N) is 2. The molecule has 0 saturated heterocycles. The van der Waals surface area contributed by atoms with Crippen LogP contribution in [0, 0.1) is 6.92 Å². The minimum atomic E-state index is -0.491. The fraction of sp³-hybridized carbons (Fsp3) is 0.289. The van der Waals surface area contributed by atoms with E-state index in [9.17, 15) is 10.2 Å². The fourth-order valence-corrected chi connectivity index (χ4v) is 9.47. The zero-order valence-corrected chi connectivity index (χ0v) is 33.8. The molecule has 6 radical (unpaired) electrons. The van der Waals surface area contributed by atoms with Crippen LogP contribution in [-0.2, 0) is 16.2 Å². The number of benzene rings is 5. The van der Waals surface area contributed by atoms with Gasteiger partial charge in [-0.2, -0.15) is 0 Å². The Bertz CT molecular complexity index is 2510. The molecule has 5 aromatic carbocycles. The number of aryl methyl sites for hydroxylation is 1. The molecular weight excluding hydrogens is 676 g/mol. The molecule has 2 aliphatic rings. The van der Waals surface area contributed by atoms with Gasteiger partial charge in [0.05, 0.1) is 11.4 Å². The Balaban J connectivity index is 1.53. The third-order valence-corrected chi connectivity index (χ3v) is 12.5. The highest BCUT2D eigenvalue weighted by molar-refractivity contribution is 7.33. The Morgan fingerprint density at radius 1 is 0.574 bits per heavy atom. The second kappa shape index (κ2) is 12.0. The van der Waals surface area contributed by atoms with Gasteiger partial charge in [0.25, 0.3) is 6.71 Å². The molecule has 0 saturated carbocycles. The zero-order chi connectivity index (χ0) is 39.0. The van der Waals surface area contributed by atoms with Crippen molar-refractivity contribution in [1.82, 2.24) is 0 Å². The Morgan fingerprint density at radius 2 is 1.13 bits per heavy atom. The highest BCUT2D eigenvalue weighted by atomic mass is 32.1. The summed E-state index contributed by atoms with van der Waals surface area (Å²) in [6.45, 7) is 22.2. The molecule has 0 aliphatic carbocycles. The number of anilines is 6. The molecule has 6 aromatic rings. The summed E-state index contributed by atoms with van der Waals surface area (Å²) in [5.41, 5.74) is 12.0. The Labute approximate surface area is 328 Å². The first kappa shape index (κ1) is 36.5. The van der Waals surface area contributed by atoms with E-state index in [4.69, 9.17) is 23.5 Å². The number of hydrogen-bond acceptors (Lipinski definition) is 5. The third kappa shape index (κ3) is 5.44. The summed E-state index contributed by atoms with van der Waals surface area (Å²) < 4.78 is 2.47. The zero-order valence-electron chi connectivity index (χ0n) is 32.9. The van der Waals surface area contributed by atoms with Gasteiger partial charge in [-0.15, -0.1) is 16.8 Å². The Hall–Kier alpha value is -4.48. The number of phenols is 2. The van der Waals surface area contributed by atoms with E-state index in [-0.39, 0.29) is 45.0 Å². The van der Waals surface area contributed by atoms with Crippen molar-refractivity contribution >= 4 is 118 Å². The summed E-state index contributed by atoms with van der Waals surface area (Å²) in [4.78, 5) is 4.41. The summed E-state index contributed by atoms with van der Waals surface area (Å²) >= 11 is 1.84. The summed E-state index contributed by atoms with van der Waals surface area (Å²) in [6, 6.07) is 26.9. The second-order valence-corrected chi connectivity index (χ2v) is 19.3. The SMILES string of the molecule is [B]c1c([B])c(O)c(O)c(N2c3ccc(C(C)(C)C)cc3B3c4sc5ccc(C(C)(C)C)cc5c4N(c4ccc(C(C)(C)C)cc4)c4cc(C)cc2c43)c1[B]. The van der Waals surface area contributed by atoms with Crippen LogP contribution in [0.1, 0.15) is 84.6 Å². The molecule has 0 fully saturated rings. The van der Waals surface area contributed by atoms with Crippen molar-refractivity contribution in [2.75, 3.05) is 9.80 Å². The first-order chi connectivity index (χ1) is 25.2. The predicted octanol–water partition coefficient (Wildman–Crippen LogP) is 6.98. The standard InChI is InChI=1S/C45H44B4N2O2S/c1-23-19-31-37-32(20-23)51(39-35(47)34(46)36(48)40(52)41(39)53)30-17-13-26(45(8,9)10)22-29(30)49(37)42-38(28-21-25(44(5,6)7)14-18-33(28)54-42)50(31)27-15-11-24(12-16-27)43(2,3)4/h11-22,52-53H,1-10H3. The molecule has 0 spiro atoms. The molecule has 4 nitrogen and oxygen atoms in total. The molecule has 54 heavy (non-hydrogen) atoms. The van der Waals surface area contributed by atoms with Crippen molar-refractivity contribution in [1.29, 1.82) is 0 Å². The van der Waals surface area contributed by atoms with Gasteiger partial charge in [-0.3, -0.25) is 0 Å². The second-order valence-electron chi connectivity index (χ2n) is 18.2. The molecule has 1 aromatic heterocycles. The van der Waals surface area contributed by atoms with Crippen molar-refractivity contribution in [3.8, 4) is 11.5 Å². The summed E-state index contributed by atoms with van der Waals surface area (Å²) in [5, 5.41) is 24.0. The summed E-state index contributed by atoms with van der Waals surface area (Å²) in [7, 11) is 19.4. The fourth-order valence-electron chi connectivity index (χ4n) is 8.17. The van der Waals surface area contributed by atoms with Crippen molar-refractivity contribution in [3.05, 3.63) is 95.1 Å². The maximum absolute atomic E-state index is 11.7. The van der Waals surface area contributed by atoms with Gasteiger partial charge in [-0.1, -0.05) is 104 Å². The quantitative estimate of drug-likeness (QED) is 0.150. The van der Waals surface area contributed by atoms with E-state index >= 15 is 0 Å². The molecule has 8 rings (SSSR count). The molecule has 0 amide bonds. The molecule has 9 heteroatoms. The van der Waals surface area contributed by atoms with E-state index < -0.39 is 11.5 Å². The number of phenolic OH excluding ortho intramolecular Hbond substituents is 2. The maximum atomic E-state index is 11.7. The molecule has 2 aliphatic heterocycles. The number of fused-ring (bicyclic) bond motifs is 6. The lowest BCUT2D eigenvalue weighted by atomic mass is 9.36.